The van der Waals surface area contributed by atoms with Gasteiger partial charge in [0.05, 0.1) is 13.7 Å². The molecule has 0 aromatic rings. The zero-order valence-electron chi connectivity index (χ0n) is 10.7. The van der Waals surface area contributed by atoms with Crippen molar-refractivity contribution in [1.82, 2.24) is 5.32 Å². The summed E-state index contributed by atoms with van der Waals surface area (Å²) in [6.45, 7) is 5.78. The molecule has 0 aliphatic carbocycles. The predicted molar refractivity (Wildman–Crippen MR) is 59.6 cm³/mol. The van der Waals surface area contributed by atoms with E-state index >= 15 is 0 Å². The Kier molecular flexibility index (Phi) is 3.98. The van der Waals surface area contributed by atoms with Crippen molar-refractivity contribution in [2.24, 2.45) is 0 Å². The van der Waals surface area contributed by atoms with Crippen LogP contribution in [-0.2, 0) is 19.0 Å². The molecule has 1 aliphatic rings. The second-order valence-electron chi connectivity index (χ2n) is 5.00. The molecule has 6 nitrogen and oxygen atoms in total. The van der Waals surface area contributed by atoms with Gasteiger partial charge in [0.25, 0.3) is 0 Å². The molecule has 1 fully saturated rings. The maximum atomic E-state index is 11.7. The highest BCUT2D eigenvalue weighted by atomic mass is 16.6. The van der Waals surface area contributed by atoms with Crippen molar-refractivity contribution in [2.75, 3.05) is 20.3 Å². The van der Waals surface area contributed by atoms with Gasteiger partial charge < -0.3 is 19.5 Å². The fourth-order valence-electron chi connectivity index (χ4n) is 1.57. The normalized spacial score (nSPS) is 24.2. The molecule has 1 amide bonds. The van der Waals surface area contributed by atoms with Gasteiger partial charge in [-0.25, -0.2) is 9.59 Å². The highest BCUT2D eigenvalue weighted by Gasteiger charge is 2.45. The molecule has 0 spiro atoms. The van der Waals surface area contributed by atoms with Crippen LogP contribution in [0, 0.1) is 0 Å². The second kappa shape index (κ2) is 4.91. The van der Waals surface area contributed by atoms with Crippen molar-refractivity contribution >= 4 is 12.1 Å². The van der Waals surface area contributed by atoms with Crippen LogP contribution in [0.15, 0.2) is 0 Å². The summed E-state index contributed by atoms with van der Waals surface area (Å²) in [4.78, 5) is 23.3. The molecule has 1 heterocycles. The number of hydrogen-bond acceptors (Lipinski definition) is 5. The first kappa shape index (κ1) is 13.8. The quantitative estimate of drug-likeness (QED) is 0.730. The molecule has 0 aromatic carbocycles. The average molecular weight is 245 g/mol. The number of hydrogen-bond donors (Lipinski definition) is 1. The fourth-order valence-corrected chi connectivity index (χ4v) is 1.57. The van der Waals surface area contributed by atoms with Crippen molar-refractivity contribution < 1.29 is 23.8 Å². The third-order valence-electron chi connectivity index (χ3n) is 2.34. The minimum absolute atomic E-state index is 0.110. The summed E-state index contributed by atoms with van der Waals surface area (Å²) in [6.07, 6.45) is -0.257. The Labute approximate surface area is 101 Å². The first-order valence-electron chi connectivity index (χ1n) is 5.46. The van der Waals surface area contributed by atoms with E-state index in [4.69, 9.17) is 9.47 Å². The van der Waals surface area contributed by atoms with Crippen molar-refractivity contribution in [2.45, 2.75) is 38.3 Å². The van der Waals surface area contributed by atoms with Gasteiger partial charge in [-0.2, -0.15) is 0 Å². The summed E-state index contributed by atoms with van der Waals surface area (Å²) in [5, 5.41) is 2.54. The summed E-state index contributed by atoms with van der Waals surface area (Å²) in [5.74, 6) is -0.513. The highest BCUT2D eigenvalue weighted by molar-refractivity contribution is 5.86. The molecule has 0 saturated carbocycles. The zero-order valence-corrected chi connectivity index (χ0v) is 10.7. The SMILES string of the molecule is COC(=O)[C@]1(NC(=O)OC(C)(C)C)CCOC1. The lowest BCUT2D eigenvalue weighted by atomic mass is 9.99. The molecule has 0 aromatic heterocycles. The first-order chi connectivity index (χ1) is 7.79. The summed E-state index contributed by atoms with van der Waals surface area (Å²) >= 11 is 0. The standard InChI is InChI=1S/C11H19NO5/c1-10(2,3)17-9(14)12-11(8(13)15-4)5-6-16-7-11/h5-7H2,1-4H3,(H,12,14)/t11-/m0/s1. The predicted octanol–water partition coefficient (Wildman–Crippen LogP) is 0.843. The number of nitrogens with one attached hydrogen (secondary N) is 1. The Bertz CT molecular complexity index is 301. The second-order valence-corrected chi connectivity index (χ2v) is 5.00. The Morgan fingerprint density at radius 2 is 2.00 bits per heavy atom. The molecule has 98 valence electrons. The Hall–Kier alpha value is -1.30. The van der Waals surface area contributed by atoms with Crippen LogP contribution in [0.3, 0.4) is 0 Å². The van der Waals surface area contributed by atoms with Gasteiger partial charge in [0.2, 0.25) is 0 Å². The van der Waals surface area contributed by atoms with E-state index < -0.39 is 23.2 Å². The van der Waals surface area contributed by atoms with E-state index in [1.807, 2.05) is 0 Å². The maximum absolute atomic E-state index is 11.7. The van der Waals surface area contributed by atoms with Gasteiger partial charge in [-0.15, -0.1) is 0 Å². The summed E-state index contributed by atoms with van der Waals surface area (Å²) in [6, 6.07) is 0. The molecule has 17 heavy (non-hydrogen) atoms. The van der Waals surface area contributed by atoms with Crippen molar-refractivity contribution in [1.29, 1.82) is 0 Å². The highest BCUT2D eigenvalue weighted by Crippen LogP contribution is 2.21. The number of rotatable bonds is 2. The van der Waals surface area contributed by atoms with Crippen LogP contribution in [0.2, 0.25) is 0 Å². The van der Waals surface area contributed by atoms with E-state index in [1.165, 1.54) is 7.11 Å². The molecule has 0 radical (unpaired) electrons. The number of carbonyl (C=O) groups excluding carboxylic acids is 2. The van der Waals surface area contributed by atoms with E-state index in [1.54, 1.807) is 20.8 Å². The average Bonchev–Trinajstić information content (AvgIpc) is 2.63. The van der Waals surface area contributed by atoms with Gasteiger partial charge in [-0.05, 0) is 20.8 Å². The third kappa shape index (κ3) is 3.59. The lowest BCUT2D eigenvalue weighted by Gasteiger charge is -2.27. The monoisotopic (exact) mass is 245 g/mol. The van der Waals surface area contributed by atoms with Crippen LogP contribution in [0.25, 0.3) is 0 Å². The number of amides is 1. The van der Waals surface area contributed by atoms with E-state index in [2.05, 4.69) is 10.1 Å². The molecule has 1 aliphatic heterocycles. The topological polar surface area (TPSA) is 73.9 Å². The van der Waals surface area contributed by atoms with Gasteiger partial charge in [0.15, 0.2) is 5.54 Å². The van der Waals surface area contributed by atoms with Crippen LogP contribution in [0.1, 0.15) is 27.2 Å². The third-order valence-corrected chi connectivity index (χ3v) is 2.34. The smallest absolute Gasteiger partial charge is 0.408 e. The lowest BCUT2D eigenvalue weighted by Crippen LogP contribution is -2.56. The molecular formula is C11H19NO5. The van der Waals surface area contributed by atoms with Gasteiger partial charge in [0, 0.05) is 13.0 Å². The molecular weight excluding hydrogens is 226 g/mol. The molecule has 6 heteroatoms. The Morgan fingerprint density at radius 3 is 2.41 bits per heavy atom. The fraction of sp³-hybridized carbons (Fsp3) is 0.818. The van der Waals surface area contributed by atoms with Crippen molar-refractivity contribution in [3.63, 3.8) is 0 Å². The largest absolute Gasteiger partial charge is 0.467 e. The van der Waals surface area contributed by atoms with Crippen LogP contribution in [0.5, 0.6) is 0 Å². The first-order valence-corrected chi connectivity index (χ1v) is 5.46. The van der Waals surface area contributed by atoms with Crippen LogP contribution in [0.4, 0.5) is 4.79 Å². The molecule has 0 bridgehead atoms. The molecule has 1 N–H and O–H groups in total. The van der Waals surface area contributed by atoms with Gasteiger partial charge >= 0.3 is 12.1 Å². The molecule has 0 unspecified atom stereocenters. The number of esters is 1. The number of methoxy groups -OCH3 is 1. The minimum Gasteiger partial charge on any atom is -0.467 e. The number of ether oxygens (including phenoxy) is 3. The number of carbonyl (C=O) groups is 2. The summed E-state index contributed by atoms with van der Waals surface area (Å²) in [5.41, 5.74) is -1.72. The minimum atomic E-state index is -1.11. The van der Waals surface area contributed by atoms with Gasteiger partial charge in [0.1, 0.15) is 5.60 Å². The van der Waals surface area contributed by atoms with Crippen molar-refractivity contribution in [3.8, 4) is 0 Å². The number of alkyl carbamates (subject to hydrolysis) is 1. The van der Waals surface area contributed by atoms with Crippen molar-refractivity contribution in [3.05, 3.63) is 0 Å². The van der Waals surface area contributed by atoms with E-state index in [0.29, 0.717) is 13.0 Å². The Morgan fingerprint density at radius 1 is 1.35 bits per heavy atom. The van der Waals surface area contributed by atoms with Gasteiger partial charge in [-0.3, -0.25) is 0 Å². The van der Waals surface area contributed by atoms with Crippen LogP contribution < -0.4 is 5.32 Å². The lowest BCUT2D eigenvalue weighted by molar-refractivity contribution is -0.148. The maximum Gasteiger partial charge on any atom is 0.408 e. The summed E-state index contributed by atoms with van der Waals surface area (Å²) in [7, 11) is 1.28. The zero-order chi connectivity index (χ0) is 13.1. The Balaban J connectivity index is 2.68. The van der Waals surface area contributed by atoms with E-state index in [0.717, 1.165) is 0 Å². The van der Waals surface area contributed by atoms with E-state index in [9.17, 15) is 9.59 Å². The van der Waals surface area contributed by atoms with Crippen LogP contribution in [-0.4, -0.2) is 43.5 Å². The molecule has 1 atom stereocenters. The summed E-state index contributed by atoms with van der Waals surface area (Å²) < 4.78 is 14.9. The molecule has 1 saturated heterocycles. The van der Waals surface area contributed by atoms with Crippen LogP contribution >= 0.6 is 0 Å². The molecule has 1 rings (SSSR count). The van der Waals surface area contributed by atoms with E-state index in [-0.39, 0.29) is 6.61 Å². The van der Waals surface area contributed by atoms with Gasteiger partial charge in [-0.1, -0.05) is 0 Å².